The van der Waals surface area contributed by atoms with E-state index >= 15 is 0 Å². The third-order valence-electron chi connectivity index (χ3n) is 1.94. The molecule has 2 atom stereocenters. The van der Waals surface area contributed by atoms with Crippen molar-refractivity contribution in [1.82, 2.24) is 9.34 Å². The van der Waals surface area contributed by atoms with Crippen LogP contribution in [0.5, 0.6) is 0 Å². The number of nitrogens with zero attached hydrogens (tertiary/aromatic N) is 2. The molecule has 0 bridgehead atoms. The smallest absolute Gasteiger partial charge is 0.201 e. The van der Waals surface area contributed by atoms with Crippen LogP contribution in [-0.4, -0.2) is 40.9 Å². The molecule has 0 aliphatic carbocycles. The van der Waals surface area contributed by atoms with Gasteiger partial charge in [0.05, 0.1) is 6.04 Å². The monoisotopic (exact) mass is 190 g/mol. The van der Waals surface area contributed by atoms with Crippen molar-refractivity contribution in [2.45, 2.75) is 6.04 Å². The largest absolute Gasteiger partial charge is 0.342 e. The molecule has 1 heterocycles. The van der Waals surface area contributed by atoms with E-state index in [0.29, 0.717) is 6.54 Å². The molecule has 0 aromatic rings. The Bertz CT molecular complexity index is 249. The van der Waals surface area contributed by atoms with E-state index in [4.69, 9.17) is 18.2 Å². The molecule has 0 aromatic carbocycles. The molecule has 1 fully saturated rings. The van der Waals surface area contributed by atoms with Gasteiger partial charge >= 0.3 is 0 Å². The lowest BCUT2D eigenvalue weighted by molar-refractivity contribution is 0.468. The van der Waals surface area contributed by atoms with E-state index in [2.05, 4.69) is 5.92 Å². The van der Waals surface area contributed by atoms with Gasteiger partial charge in [-0.2, -0.15) is 0 Å². The van der Waals surface area contributed by atoms with Crippen molar-refractivity contribution in [2.75, 3.05) is 20.6 Å². The fourth-order valence-corrected chi connectivity index (χ4v) is 2.95. The molecule has 0 saturated carbocycles. The van der Waals surface area contributed by atoms with Crippen molar-refractivity contribution in [1.29, 1.82) is 0 Å². The maximum absolute atomic E-state index is 9.72. The second-order valence-electron chi connectivity index (χ2n) is 2.61. The van der Waals surface area contributed by atoms with Gasteiger partial charge in [0.2, 0.25) is 6.57 Å². The molecular weight excluding hydrogens is 179 g/mol. The van der Waals surface area contributed by atoms with Crippen LogP contribution in [0.3, 0.4) is 0 Å². The summed E-state index contributed by atoms with van der Waals surface area (Å²) in [6.45, 7) is -1.77. The third kappa shape index (κ3) is 1.35. The predicted octanol–water partition coefficient (Wildman–Crippen LogP) is 0.0822. The van der Waals surface area contributed by atoms with E-state index in [1.54, 1.807) is 23.4 Å². The van der Waals surface area contributed by atoms with Crippen LogP contribution in [-0.2, 0) is 11.8 Å². The summed E-state index contributed by atoms with van der Waals surface area (Å²) < 4.78 is 3.47. The molecule has 1 N–H and O–H groups in total. The summed E-state index contributed by atoms with van der Waals surface area (Å²) in [6, 6.07) is -0.0316. The minimum absolute atomic E-state index is 0.0316. The van der Waals surface area contributed by atoms with Crippen LogP contribution in [0.25, 0.3) is 0 Å². The zero-order chi connectivity index (χ0) is 8.65. The molecule has 5 heteroatoms. The lowest BCUT2D eigenvalue weighted by atomic mass is 10.3. The average molecular weight is 190 g/mol. The van der Waals surface area contributed by atoms with Gasteiger partial charge in [0, 0.05) is 6.54 Å². The van der Waals surface area contributed by atoms with E-state index in [0.717, 1.165) is 0 Å². The second kappa shape index (κ2) is 2.85. The Kier molecular flexibility index (Phi) is 2.38. The summed E-state index contributed by atoms with van der Waals surface area (Å²) in [4.78, 5) is 9.72. The number of hydrogen-bond acceptors (Lipinski definition) is 1. The molecule has 1 aliphatic rings. The highest BCUT2D eigenvalue weighted by molar-refractivity contribution is 8.09. The van der Waals surface area contributed by atoms with Crippen molar-refractivity contribution >= 4 is 18.4 Å². The summed E-state index contributed by atoms with van der Waals surface area (Å²) in [6.07, 6.45) is 5.25. The van der Waals surface area contributed by atoms with Gasteiger partial charge in [0.25, 0.3) is 0 Å². The van der Waals surface area contributed by atoms with Gasteiger partial charge in [-0.3, -0.25) is 0 Å². The molecule has 0 radical (unpaired) electrons. The molecule has 2 unspecified atom stereocenters. The molecule has 11 heavy (non-hydrogen) atoms. The zero-order valence-corrected chi connectivity index (χ0v) is 8.27. The van der Waals surface area contributed by atoms with Gasteiger partial charge in [-0.05, 0) is 25.9 Å². The lowest BCUT2D eigenvalue weighted by Gasteiger charge is -2.23. The quantitative estimate of drug-likeness (QED) is 0.432. The van der Waals surface area contributed by atoms with Crippen molar-refractivity contribution in [3.63, 3.8) is 0 Å². The van der Waals surface area contributed by atoms with Gasteiger partial charge < -0.3 is 4.89 Å². The summed E-state index contributed by atoms with van der Waals surface area (Å²) in [7, 11) is 3.57. The molecule has 1 aliphatic heterocycles. The van der Waals surface area contributed by atoms with Crippen molar-refractivity contribution in [2.24, 2.45) is 0 Å². The Balaban J connectivity index is 2.91. The first-order valence-corrected chi connectivity index (χ1v) is 5.90. The van der Waals surface area contributed by atoms with E-state index in [1.807, 2.05) is 0 Å². The predicted molar refractivity (Wildman–Crippen MR) is 49.5 cm³/mol. The minimum atomic E-state index is -2.44. The molecular formula is C6H11N2OPS. The minimum Gasteiger partial charge on any atom is -0.342 e. The van der Waals surface area contributed by atoms with Crippen LogP contribution in [0.4, 0.5) is 0 Å². The van der Waals surface area contributed by atoms with E-state index in [-0.39, 0.29) is 6.04 Å². The van der Waals surface area contributed by atoms with Crippen LogP contribution in [0, 0.1) is 12.3 Å². The molecule has 0 spiro atoms. The van der Waals surface area contributed by atoms with Crippen LogP contribution < -0.4 is 0 Å². The topological polar surface area (TPSA) is 26.7 Å². The highest BCUT2D eigenvalue weighted by Crippen LogP contribution is 2.53. The molecule has 1 saturated heterocycles. The maximum atomic E-state index is 9.72. The average Bonchev–Trinajstić information content (AvgIpc) is 2.14. The number of likely N-dealkylation sites (N-methyl/N-ethyl adjacent to an activating group) is 2. The molecule has 0 amide bonds. The van der Waals surface area contributed by atoms with Crippen LogP contribution >= 0.6 is 6.57 Å². The molecule has 1 rings (SSSR count). The van der Waals surface area contributed by atoms with Gasteiger partial charge in [-0.25, -0.2) is 9.34 Å². The maximum Gasteiger partial charge on any atom is 0.201 e. The van der Waals surface area contributed by atoms with E-state index < -0.39 is 6.57 Å². The Morgan fingerprint density at radius 3 is 2.45 bits per heavy atom. The normalized spacial score (nSPS) is 40.7. The van der Waals surface area contributed by atoms with Crippen molar-refractivity contribution in [3.8, 4) is 12.3 Å². The molecule has 3 nitrogen and oxygen atoms in total. The van der Waals surface area contributed by atoms with E-state index in [1.165, 1.54) is 0 Å². The van der Waals surface area contributed by atoms with Gasteiger partial charge in [-0.15, -0.1) is 6.42 Å². The Labute approximate surface area is 72.2 Å². The summed E-state index contributed by atoms with van der Waals surface area (Å²) >= 11 is 5.02. The highest BCUT2D eigenvalue weighted by atomic mass is 32.5. The van der Waals surface area contributed by atoms with Crippen LogP contribution in [0.1, 0.15) is 0 Å². The Morgan fingerprint density at radius 2 is 2.27 bits per heavy atom. The van der Waals surface area contributed by atoms with Crippen LogP contribution in [0.15, 0.2) is 0 Å². The van der Waals surface area contributed by atoms with Crippen molar-refractivity contribution < 1.29 is 4.89 Å². The van der Waals surface area contributed by atoms with Gasteiger partial charge in [0.15, 0.2) is 0 Å². The zero-order valence-electron chi connectivity index (χ0n) is 6.56. The lowest BCUT2D eigenvalue weighted by Crippen LogP contribution is -2.22. The number of hydrogen-bond donors (Lipinski definition) is 1. The fraction of sp³-hybridized carbons (Fsp3) is 0.667. The first-order valence-electron chi connectivity index (χ1n) is 3.24. The summed E-state index contributed by atoms with van der Waals surface area (Å²) in [5.41, 5.74) is 0. The van der Waals surface area contributed by atoms with Gasteiger partial charge in [0.1, 0.15) is 0 Å². The highest BCUT2D eigenvalue weighted by Gasteiger charge is 2.38. The van der Waals surface area contributed by atoms with Gasteiger partial charge in [-0.1, -0.05) is 5.92 Å². The Morgan fingerprint density at radius 1 is 1.73 bits per heavy atom. The van der Waals surface area contributed by atoms with Crippen molar-refractivity contribution in [3.05, 3.63) is 0 Å². The number of rotatable bonds is 0. The third-order valence-corrected chi connectivity index (χ3v) is 5.70. The molecule has 62 valence electrons. The van der Waals surface area contributed by atoms with Crippen LogP contribution in [0.2, 0.25) is 0 Å². The standard InChI is InChI=1S/C6H11N2OPS/c1-4-6-5-7(2)10(9,11)8(6)3/h1,6H,5H2,2-3H3,(H,9,11). The first kappa shape index (κ1) is 9.18. The summed E-state index contributed by atoms with van der Waals surface area (Å²) in [5.74, 6) is 2.59. The fourth-order valence-electron chi connectivity index (χ4n) is 1.06. The molecule has 0 aromatic heterocycles. The number of terminal acetylenes is 1. The Hall–Kier alpha value is 0.0900. The van der Waals surface area contributed by atoms with E-state index in [9.17, 15) is 4.89 Å². The SMILES string of the molecule is C#CC1CN(C)P(O)(=S)N1C. The first-order chi connectivity index (χ1) is 5.00. The second-order valence-corrected chi connectivity index (χ2v) is 6.42. The summed E-state index contributed by atoms with van der Waals surface area (Å²) in [5, 5.41) is 0.